The zero-order valence-corrected chi connectivity index (χ0v) is 10.1. The number of rotatable bonds is 4. The molecule has 2 nitrogen and oxygen atoms in total. The van der Waals surface area contributed by atoms with Crippen LogP contribution in [-0.4, -0.2) is 37.6 Å². The second-order valence-electron chi connectivity index (χ2n) is 4.79. The summed E-state index contributed by atoms with van der Waals surface area (Å²) in [4.78, 5) is 2.57. The van der Waals surface area contributed by atoms with Crippen molar-refractivity contribution in [1.82, 2.24) is 10.2 Å². The van der Waals surface area contributed by atoms with Crippen molar-refractivity contribution in [2.45, 2.75) is 45.6 Å². The third-order valence-corrected chi connectivity index (χ3v) is 3.47. The zero-order valence-electron chi connectivity index (χ0n) is 10.1. The van der Waals surface area contributed by atoms with Crippen molar-refractivity contribution in [2.24, 2.45) is 5.92 Å². The highest BCUT2D eigenvalue weighted by molar-refractivity contribution is 4.74. The molecular formula is C12H26N2. The topological polar surface area (TPSA) is 15.3 Å². The number of nitrogens with one attached hydrogen (secondary N) is 1. The van der Waals surface area contributed by atoms with Crippen molar-refractivity contribution in [2.75, 3.05) is 26.7 Å². The van der Waals surface area contributed by atoms with Crippen LogP contribution in [-0.2, 0) is 0 Å². The molecule has 0 amide bonds. The van der Waals surface area contributed by atoms with Crippen molar-refractivity contribution in [3.05, 3.63) is 0 Å². The molecule has 1 N–H and O–H groups in total. The standard InChI is InChI=1S/C12H26N2/c1-4-11(2)10-14(3)12-6-5-8-13-9-7-12/h11-13H,4-10H2,1-3H3. The van der Waals surface area contributed by atoms with E-state index in [1.165, 1.54) is 45.3 Å². The van der Waals surface area contributed by atoms with Gasteiger partial charge in [-0.05, 0) is 45.3 Å². The SMILES string of the molecule is CCC(C)CN(C)C1CCCNCC1. The molecule has 0 saturated carbocycles. The van der Waals surface area contributed by atoms with Crippen LogP contribution in [0.2, 0.25) is 0 Å². The Kier molecular flexibility index (Phi) is 5.49. The summed E-state index contributed by atoms with van der Waals surface area (Å²) in [7, 11) is 2.29. The van der Waals surface area contributed by atoms with Crippen LogP contribution in [0.5, 0.6) is 0 Å². The normalized spacial score (nSPS) is 26.1. The van der Waals surface area contributed by atoms with Crippen LogP contribution >= 0.6 is 0 Å². The minimum Gasteiger partial charge on any atom is -0.317 e. The van der Waals surface area contributed by atoms with Gasteiger partial charge in [0.2, 0.25) is 0 Å². The van der Waals surface area contributed by atoms with Gasteiger partial charge in [0.05, 0.1) is 0 Å². The van der Waals surface area contributed by atoms with Crippen molar-refractivity contribution in [3.8, 4) is 0 Å². The molecule has 2 unspecified atom stereocenters. The van der Waals surface area contributed by atoms with E-state index in [0.717, 1.165) is 12.0 Å². The average molecular weight is 198 g/mol. The molecule has 2 atom stereocenters. The maximum absolute atomic E-state index is 3.47. The second kappa shape index (κ2) is 6.41. The predicted molar refractivity (Wildman–Crippen MR) is 62.6 cm³/mol. The van der Waals surface area contributed by atoms with Crippen LogP contribution in [0.3, 0.4) is 0 Å². The molecule has 14 heavy (non-hydrogen) atoms. The first-order valence-electron chi connectivity index (χ1n) is 6.15. The molecular weight excluding hydrogens is 172 g/mol. The highest BCUT2D eigenvalue weighted by Crippen LogP contribution is 2.14. The van der Waals surface area contributed by atoms with E-state index in [-0.39, 0.29) is 0 Å². The van der Waals surface area contributed by atoms with Gasteiger partial charge in [-0.15, -0.1) is 0 Å². The van der Waals surface area contributed by atoms with E-state index >= 15 is 0 Å². The van der Waals surface area contributed by atoms with Crippen molar-refractivity contribution in [1.29, 1.82) is 0 Å². The molecule has 1 aliphatic heterocycles. The third kappa shape index (κ3) is 3.97. The molecule has 1 aliphatic rings. The fraction of sp³-hybridized carbons (Fsp3) is 1.00. The Morgan fingerprint density at radius 3 is 2.86 bits per heavy atom. The monoisotopic (exact) mass is 198 g/mol. The molecule has 0 aliphatic carbocycles. The molecule has 1 fully saturated rings. The fourth-order valence-electron chi connectivity index (χ4n) is 2.21. The van der Waals surface area contributed by atoms with E-state index in [9.17, 15) is 0 Å². The first-order chi connectivity index (χ1) is 6.74. The minimum atomic E-state index is 0.819. The van der Waals surface area contributed by atoms with Crippen molar-refractivity contribution < 1.29 is 0 Å². The number of nitrogens with zero attached hydrogens (tertiary/aromatic N) is 1. The lowest BCUT2D eigenvalue weighted by molar-refractivity contribution is 0.195. The van der Waals surface area contributed by atoms with Gasteiger partial charge in [-0.2, -0.15) is 0 Å². The Morgan fingerprint density at radius 2 is 2.14 bits per heavy atom. The third-order valence-electron chi connectivity index (χ3n) is 3.47. The summed E-state index contributed by atoms with van der Waals surface area (Å²) in [6.07, 6.45) is 5.34. The van der Waals surface area contributed by atoms with Crippen LogP contribution in [0, 0.1) is 5.92 Å². The average Bonchev–Trinajstić information content (AvgIpc) is 2.45. The van der Waals surface area contributed by atoms with Gasteiger partial charge in [-0.1, -0.05) is 20.3 Å². The second-order valence-corrected chi connectivity index (χ2v) is 4.79. The van der Waals surface area contributed by atoms with Crippen molar-refractivity contribution in [3.63, 3.8) is 0 Å². The van der Waals surface area contributed by atoms with Crippen LogP contribution < -0.4 is 5.32 Å². The first-order valence-corrected chi connectivity index (χ1v) is 6.15. The Bertz CT molecular complexity index is 139. The molecule has 0 aromatic rings. The minimum absolute atomic E-state index is 0.819. The van der Waals surface area contributed by atoms with E-state index in [0.29, 0.717) is 0 Å². The van der Waals surface area contributed by atoms with Gasteiger partial charge >= 0.3 is 0 Å². The van der Waals surface area contributed by atoms with E-state index in [2.05, 4.69) is 31.1 Å². The van der Waals surface area contributed by atoms with Gasteiger partial charge in [-0.25, -0.2) is 0 Å². The maximum Gasteiger partial charge on any atom is 0.0105 e. The summed E-state index contributed by atoms with van der Waals surface area (Å²) in [5.74, 6) is 0.844. The van der Waals surface area contributed by atoms with E-state index in [1.54, 1.807) is 0 Å². The largest absolute Gasteiger partial charge is 0.317 e. The molecule has 1 heterocycles. The molecule has 0 aromatic carbocycles. The lowest BCUT2D eigenvalue weighted by Crippen LogP contribution is -2.35. The Balaban J connectivity index is 2.30. The summed E-state index contributed by atoms with van der Waals surface area (Å²) < 4.78 is 0. The lowest BCUT2D eigenvalue weighted by Gasteiger charge is -2.29. The van der Waals surface area contributed by atoms with Gasteiger partial charge in [0, 0.05) is 12.6 Å². The number of hydrogen-bond acceptors (Lipinski definition) is 2. The van der Waals surface area contributed by atoms with Gasteiger partial charge in [0.1, 0.15) is 0 Å². The van der Waals surface area contributed by atoms with E-state index in [1.807, 2.05) is 0 Å². The smallest absolute Gasteiger partial charge is 0.0105 e. The summed E-state index contributed by atoms with van der Waals surface area (Å²) in [5.41, 5.74) is 0. The summed E-state index contributed by atoms with van der Waals surface area (Å²) in [6, 6.07) is 0.819. The summed E-state index contributed by atoms with van der Waals surface area (Å²) >= 11 is 0. The van der Waals surface area contributed by atoms with Gasteiger partial charge < -0.3 is 10.2 Å². The molecule has 2 heteroatoms. The zero-order chi connectivity index (χ0) is 10.4. The van der Waals surface area contributed by atoms with Gasteiger partial charge in [0.15, 0.2) is 0 Å². The Labute approximate surface area is 89.1 Å². The molecule has 84 valence electrons. The predicted octanol–water partition coefficient (Wildman–Crippen LogP) is 2.11. The molecule has 0 spiro atoms. The van der Waals surface area contributed by atoms with Gasteiger partial charge in [0.25, 0.3) is 0 Å². The fourth-order valence-corrected chi connectivity index (χ4v) is 2.21. The molecule has 0 bridgehead atoms. The molecule has 0 radical (unpaired) electrons. The molecule has 1 rings (SSSR count). The highest BCUT2D eigenvalue weighted by Gasteiger charge is 2.17. The maximum atomic E-state index is 3.47. The van der Waals surface area contributed by atoms with Gasteiger partial charge in [-0.3, -0.25) is 0 Å². The van der Waals surface area contributed by atoms with Crippen molar-refractivity contribution >= 4 is 0 Å². The Hall–Kier alpha value is -0.0800. The van der Waals surface area contributed by atoms with Crippen LogP contribution in [0.15, 0.2) is 0 Å². The van der Waals surface area contributed by atoms with Crippen LogP contribution in [0.25, 0.3) is 0 Å². The van der Waals surface area contributed by atoms with E-state index in [4.69, 9.17) is 0 Å². The number of hydrogen-bond donors (Lipinski definition) is 1. The quantitative estimate of drug-likeness (QED) is 0.744. The molecule has 0 aromatic heterocycles. The Morgan fingerprint density at radius 1 is 1.36 bits per heavy atom. The van der Waals surface area contributed by atoms with Crippen LogP contribution in [0.1, 0.15) is 39.5 Å². The van der Waals surface area contributed by atoms with E-state index < -0.39 is 0 Å². The summed E-state index contributed by atoms with van der Waals surface area (Å²) in [6.45, 7) is 8.32. The molecule has 1 saturated heterocycles. The first kappa shape index (κ1) is 12.0. The lowest BCUT2D eigenvalue weighted by atomic mass is 10.0. The van der Waals surface area contributed by atoms with Crippen LogP contribution in [0.4, 0.5) is 0 Å². The summed E-state index contributed by atoms with van der Waals surface area (Å²) in [5, 5.41) is 3.47. The highest BCUT2D eigenvalue weighted by atomic mass is 15.1.